The number of aromatic nitrogens is 3. The summed E-state index contributed by atoms with van der Waals surface area (Å²) in [5.74, 6) is 0. The molecule has 0 unspecified atom stereocenters. The van der Waals surface area contributed by atoms with Crippen molar-refractivity contribution in [2.75, 3.05) is 26.3 Å². The Kier molecular flexibility index (Phi) is 5.07. The normalized spacial score (nSPS) is 15.1. The predicted molar refractivity (Wildman–Crippen MR) is 110 cm³/mol. The minimum atomic E-state index is 0. The molecule has 5 nitrogen and oxygen atoms in total. The van der Waals surface area contributed by atoms with Crippen LogP contribution >= 0.6 is 12.4 Å². The summed E-state index contributed by atoms with van der Waals surface area (Å²) in [6.45, 7) is 4.62. The first kappa shape index (κ1) is 17.9. The lowest BCUT2D eigenvalue weighted by molar-refractivity contribution is 0.0344. The van der Waals surface area contributed by atoms with Crippen LogP contribution in [0.3, 0.4) is 0 Å². The maximum Gasteiger partial charge on any atom is 0.0907 e. The summed E-state index contributed by atoms with van der Waals surface area (Å²) in [7, 11) is 0. The van der Waals surface area contributed by atoms with Gasteiger partial charge in [-0.05, 0) is 35.9 Å². The molecule has 0 bridgehead atoms. The highest BCUT2D eigenvalue weighted by Crippen LogP contribution is 2.26. The average Bonchev–Trinajstić information content (AvgIpc) is 3.14. The molecular formula is C21H21ClN4O. The first-order valence-electron chi connectivity index (χ1n) is 8.99. The number of halogens is 1. The monoisotopic (exact) mass is 380 g/mol. The highest BCUT2D eigenvalue weighted by atomic mass is 35.5. The smallest absolute Gasteiger partial charge is 0.0907 e. The molecule has 1 saturated heterocycles. The number of morpholine rings is 1. The topological polar surface area (TPSA) is 43.2 Å². The molecule has 4 aromatic rings. The standard InChI is InChI=1S/C21H20N4O.ClH/c1-2-16(15-24-10-12-26-13-11-24)18-6-9-25(21(18)3-1)17-4-5-19-20(14-17)23-8-7-22-19;/h1-9,14H,10-13,15H2;1H. The Bertz CT molecular complexity index is 1070. The van der Waals surface area contributed by atoms with Gasteiger partial charge in [-0.3, -0.25) is 14.9 Å². The van der Waals surface area contributed by atoms with Crippen LogP contribution in [0.25, 0.3) is 27.6 Å². The fourth-order valence-electron chi connectivity index (χ4n) is 3.70. The number of nitrogens with zero attached hydrogens (tertiary/aromatic N) is 4. The number of fused-ring (bicyclic) bond motifs is 2. The second-order valence-corrected chi connectivity index (χ2v) is 6.65. The van der Waals surface area contributed by atoms with Crippen LogP contribution in [0.15, 0.2) is 61.1 Å². The van der Waals surface area contributed by atoms with Crippen LogP contribution in [0, 0.1) is 0 Å². The van der Waals surface area contributed by atoms with Crippen LogP contribution in [0.1, 0.15) is 5.56 Å². The molecule has 1 fully saturated rings. The van der Waals surface area contributed by atoms with Crippen molar-refractivity contribution < 1.29 is 4.74 Å². The maximum atomic E-state index is 5.47. The second kappa shape index (κ2) is 7.64. The Morgan fingerprint density at radius 3 is 2.59 bits per heavy atom. The van der Waals surface area contributed by atoms with E-state index in [0.717, 1.165) is 49.6 Å². The van der Waals surface area contributed by atoms with E-state index in [4.69, 9.17) is 4.74 Å². The zero-order chi connectivity index (χ0) is 17.3. The Hall–Kier alpha value is -2.47. The van der Waals surface area contributed by atoms with Gasteiger partial charge in [0.1, 0.15) is 0 Å². The predicted octanol–water partition coefficient (Wildman–Crippen LogP) is 3.83. The lowest BCUT2D eigenvalue weighted by Gasteiger charge is -2.26. The van der Waals surface area contributed by atoms with Crippen LogP contribution in [-0.2, 0) is 11.3 Å². The third-order valence-corrected chi connectivity index (χ3v) is 5.05. The average molecular weight is 381 g/mol. The quantitative estimate of drug-likeness (QED) is 0.541. The Morgan fingerprint density at radius 2 is 1.74 bits per heavy atom. The van der Waals surface area contributed by atoms with Gasteiger partial charge in [0, 0.05) is 49.3 Å². The second-order valence-electron chi connectivity index (χ2n) is 6.65. The summed E-state index contributed by atoms with van der Waals surface area (Å²) in [6.07, 6.45) is 5.61. The largest absolute Gasteiger partial charge is 0.379 e. The van der Waals surface area contributed by atoms with Crippen molar-refractivity contribution in [3.8, 4) is 5.69 Å². The van der Waals surface area contributed by atoms with Crippen molar-refractivity contribution in [2.45, 2.75) is 6.54 Å². The van der Waals surface area contributed by atoms with Gasteiger partial charge in [0.2, 0.25) is 0 Å². The van der Waals surface area contributed by atoms with Crippen molar-refractivity contribution in [1.29, 1.82) is 0 Å². The van der Waals surface area contributed by atoms with E-state index in [1.54, 1.807) is 12.4 Å². The van der Waals surface area contributed by atoms with Crippen molar-refractivity contribution >= 4 is 34.3 Å². The molecule has 2 aromatic heterocycles. The van der Waals surface area contributed by atoms with Crippen LogP contribution in [0.2, 0.25) is 0 Å². The molecule has 3 heterocycles. The van der Waals surface area contributed by atoms with Gasteiger partial charge in [-0.1, -0.05) is 12.1 Å². The zero-order valence-corrected chi connectivity index (χ0v) is 15.7. The molecule has 5 rings (SSSR count). The fraction of sp³-hybridized carbons (Fsp3) is 0.238. The van der Waals surface area contributed by atoms with Gasteiger partial charge < -0.3 is 9.30 Å². The first-order chi connectivity index (χ1) is 12.9. The van der Waals surface area contributed by atoms with Crippen LogP contribution < -0.4 is 0 Å². The summed E-state index contributed by atoms with van der Waals surface area (Å²) < 4.78 is 7.69. The molecule has 0 spiro atoms. The van der Waals surface area contributed by atoms with Crippen molar-refractivity contribution in [3.05, 3.63) is 66.6 Å². The first-order valence-corrected chi connectivity index (χ1v) is 8.99. The van der Waals surface area contributed by atoms with Gasteiger partial charge >= 0.3 is 0 Å². The van der Waals surface area contributed by atoms with Gasteiger partial charge in [0.15, 0.2) is 0 Å². The summed E-state index contributed by atoms with van der Waals surface area (Å²) in [5.41, 5.74) is 5.52. The van der Waals surface area contributed by atoms with Crippen LogP contribution in [0.4, 0.5) is 0 Å². The minimum Gasteiger partial charge on any atom is -0.379 e. The number of benzene rings is 2. The SMILES string of the molecule is Cl.c1cc(CN2CCOCC2)c2ccn(-c3ccc4nccnc4c3)c2c1. The van der Waals surface area contributed by atoms with Gasteiger partial charge in [0.25, 0.3) is 0 Å². The Balaban J connectivity index is 0.00000180. The van der Waals surface area contributed by atoms with Crippen LogP contribution in [-0.4, -0.2) is 45.7 Å². The molecular weight excluding hydrogens is 360 g/mol. The molecule has 1 aliphatic heterocycles. The van der Waals surface area contributed by atoms with Crippen molar-refractivity contribution in [3.63, 3.8) is 0 Å². The molecule has 27 heavy (non-hydrogen) atoms. The third kappa shape index (κ3) is 3.41. The highest BCUT2D eigenvalue weighted by Gasteiger charge is 2.14. The van der Waals surface area contributed by atoms with E-state index in [1.807, 2.05) is 6.07 Å². The number of rotatable bonds is 3. The summed E-state index contributed by atoms with van der Waals surface area (Å²) >= 11 is 0. The van der Waals surface area contributed by atoms with Gasteiger partial charge in [-0.2, -0.15) is 0 Å². The van der Waals surface area contributed by atoms with E-state index >= 15 is 0 Å². The molecule has 0 radical (unpaired) electrons. The molecule has 0 aliphatic carbocycles. The lowest BCUT2D eigenvalue weighted by atomic mass is 10.1. The Labute approximate surface area is 164 Å². The molecule has 0 saturated carbocycles. The van der Waals surface area contributed by atoms with Crippen molar-refractivity contribution in [1.82, 2.24) is 19.4 Å². The van der Waals surface area contributed by atoms with E-state index in [0.29, 0.717) is 0 Å². The molecule has 0 atom stereocenters. The number of hydrogen-bond donors (Lipinski definition) is 0. The van der Waals surface area contributed by atoms with Crippen LogP contribution in [0.5, 0.6) is 0 Å². The molecule has 6 heteroatoms. The summed E-state index contributed by atoms with van der Waals surface area (Å²) in [4.78, 5) is 11.2. The van der Waals surface area contributed by atoms with E-state index in [2.05, 4.69) is 62.0 Å². The third-order valence-electron chi connectivity index (χ3n) is 5.05. The maximum absolute atomic E-state index is 5.47. The highest BCUT2D eigenvalue weighted by molar-refractivity contribution is 5.86. The number of ether oxygens (including phenoxy) is 1. The molecule has 138 valence electrons. The van der Waals surface area contributed by atoms with E-state index < -0.39 is 0 Å². The van der Waals surface area contributed by atoms with E-state index in [-0.39, 0.29) is 12.4 Å². The lowest BCUT2D eigenvalue weighted by Crippen LogP contribution is -2.35. The minimum absolute atomic E-state index is 0. The molecule has 0 amide bonds. The molecule has 0 N–H and O–H groups in total. The van der Waals surface area contributed by atoms with Gasteiger partial charge in [-0.15, -0.1) is 12.4 Å². The Morgan fingerprint density at radius 1 is 0.926 bits per heavy atom. The summed E-state index contributed by atoms with van der Waals surface area (Å²) in [6, 6.07) is 15.0. The fourth-order valence-corrected chi connectivity index (χ4v) is 3.70. The van der Waals surface area contributed by atoms with Gasteiger partial charge in [0.05, 0.1) is 29.8 Å². The van der Waals surface area contributed by atoms with Crippen molar-refractivity contribution in [2.24, 2.45) is 0 Å². The molecule has 1 aliphatic rings. The van der Waals surface area contributed by atoms with E-state index in [9.17, 15) is 0 Å². The van der Waals surface area contributed by atoms with E-state index in [1.165, 1.54) is 16.5 Å². The molecule has 2 aromatic carbocycles. The summed E-state index contributed by atoms with van der Waals surface area (Å²) in [5, 5.41) is 1.30. The zero-order valence-electron chi connectivity index (χ0n) is 14.9. The number of hydrogen-bond acceptors (Lipinski definition) is 4. The van der Waals surface area contributed by atoms with Gasteiger partial charge in [-0.25, -0.2) is 0 Å².